The molecule has 1 aliphatic heterocycles. The minimum absolute atomic E-state index is 0.0927. The van der Waals surface area contributed by atoms with Gasteiger partial charge >= 0.3 is 0 Å². The summed E-state index contributed by atoms with van der Waals surface area (Å²) in [7, 11) is 0. The lowest BCUT2D eigenvalue weighted by Crippen LogP contribution is -2.23. The minimum atomic E-state index is -0.0927. The van der Waals surface area contributed by atoms with Gasteiger partial charge in [-0.1, -0.05) is 32.0 Å². The van der Waals surface area contributed by atoms with Crippen LogP contribution in [0.1, 0.15) is 46.0 Å². The van der Waals surface area contributed by atoms with Gasteiger partial charge in [0.2, 0.25) is 0 Å². The lowest BCUT2D eigenvalue weighted by molar-refractivity contribution is 0.0946. The Morgan fingerprint density at radius 1 is 1.36 bits per heavy atom. The van der Waals surface area contributed by atoms with Crippen LogP contribution in [0, 0.1) is 5.92 Å². The Morgan fingerprint density at radius 3 is 3.00 bits per heavy atom. The van der Waals surface area contributed by atoms with Crippen molar-refractivity contribution in [3.05, 3.63) is 51.0 Å². The second-order valence-corrected chi connectivity index (χ2v) is 7.06. The fourth-order valence-electron chi connectivity index (χ4n) is 2.59. The third-order valence-electron chi connectivity index (χ3n) is 3.72. The summed E-state index contributed by atoms with van der Waals surface area (Å²) in [5.74, 6) is 0.465. The van der Waals surface area contributed by atoms with Crippen molar-refractivity contribution in [2.75, 3.05) is 0 Å². The second kappa shape index (κ2) is 6.58. The van der Waals surface area contributed by atoms with Gasteiger partial charge < -0.3 is 10.6 Å². The number of benzene rings is 1. The molecule has 2 aromatic rings. The molecule has 0 unspecified atom stereocenters. The van der Waals surface area contributed by atoms with E-state index in [9.17, 15) is 4.79 Å². The predicted octanol–water partition coefficient (Wildman–Crippen LogP) is 2.87. The summed E-state index contributed by atoms with van der Waals surface area (Å²) in [6.45, 7) is 6.72. The number of hydrogen-bond donors (Lipinski definition) is 2. The summed E-state index contributed by atoms with van der Waals surface area (Å²) >= 11 is 1.56. The molecule has 0 radical (unpaired) electrons. The van der Waals surface area contributed by atoms with E-state index in [1.807, 2.05) is 5.38 Å². The molecule has 0 fully saturated rings. The largest absolute Gasteiger partial charge is 0.347 e. The Bertz CT molecular complexity index is 678. The quantitative estimate of drug-likeness (QED) is 0.892. The van der Waals surface area contributed by atoms with Gasteiger partial charge in [0.25, 0.3) is 5.91 Å². The van der Waals surface area contributed by atoms with Crippen LogP contribution in [0.4, 0.5) is 0 Å². The topological polar surface area (TPSA) is 54.0 Å². The van der Waals surface area contributed by atoms with E-state index < -0.39 is 0 Å². The maximum atomic E-state index is 12.2. The summed E-state index contributed by atoms with van der Waals surface area (Å²) in [6, 6.07) is 6.39. The number of amides is 1. The average molecular weight is 315 g/mol. The van der Waals surface area contributed by atoms with Gasteiger partial charge in [0, 0.05) is 31.4 Å². The molecule has 0 saturated carbocycles. The van der Waals surface area contributed by atoms with Crippen molar-refractivity contribution in [1.82, 2.24) is 15.6 Å². The van der Waals surface area contributed by atoms with Crippen molar-refractivity contribution in [3.8, 4) is 0 Å². The summed E-state index contributed by atoms with van der Waals surface area (Å²) in [5, 5.41) is 9.16. The molecule has 3 rings (SSSR count). The Labute approximate surface area is 135 Å². The number of rotatable bonds is 5. The number of nitrogens with zero attached hydrogens (tertiary/aromatic N) is 1. The summed E-state index contributed by atoms with van der Waals surface area (Å²) in [4.78, 5) is 16.6. The van der Waals surface area contributed by atoms with Crippen LogP contribution in [0.2, 0.25) is 0 Å². The first-order valence-electron chi connectivity index (χ1n) is 7.66. The number of fused-ring (bicyclic) bond motifs is 1. The van der Waals surface area contributed by atoms with Gasteiger partial charge in [-0.25, -0.2) is 4.98 Å². The highest BCUT2D eigenvalue weighted by molar-refractivity contribution is 7.09. The first-order valence-corrected chi connectivity index (χ1v) is 8.54. The van der Waals surface area contributed by atoms with Crippen molar-refractivity contribution in [2.24, 2.45) is 5.92 Å². The van der Waals surface area contributed by atoms with Crippen LogP contribution in [0.15, 0.2) is 23.6 Å². The normalized spacial score (nSPS) is 13.4. The molecule has 0 spiro atoms. The van der Waals surface area contributed by atoms with E-state index in [0.29, 0.717) is 18.2 Å². The van der Waals surface area contributed by atoms with Crippen LogP contribution in [0.5, 0.6) is 0 Å². The van der Waals surface area contributed by atoms with Gasteiger partial charge in [0.05, 0.1) is 5.01 Å². The predicted molar refractivity (Wildman–Crippen MR) is 88.8 cm³/mol. The Balaban J connectivity index is 1.59. The zero-order valence-corrected chi connectivity index (χ0v) is 13.8. The third kappa shape index (κ3) is 3.54. The molecule has 0 aliphatic carbocycles. The van der Waals surface area contributed by atoms with Gasteiger partial charge in [-0.2, -0.15) is 0 Å². The molecule has 1 aliphatic rings. The molecule has 4 nitrogen and oxygen atoms in total. The van der Waals surface area contributed by atoms with Crippen LogP contribution >= 0.6 is 11.3 Å². The molecule has 0 bridgehead atoms. The fourth-order valence-corrected chi connectivity index (χ4v) is 3.58. The number of thiazole rings is 1. The standard InChI is InChI=1S/C17H21N3OS/c1-11(2)5-16-20-15(10-22-16)17(21)19-7-12-3-4-13-8-18-9-14(13)6-12/h3-4,6,10-11,18H,5,7-9H2,1-2H3,(H,19,21). The van der Waals surface area contributed by atoms with Crippen molar-refractivity contribution in [1.29, 1.82) is 0 Å². The molecule has 22 heavy (non-hydrogen) atoms. The molecule has 2 N–H and O–H groups in total. The highest BCUT2D eigenvalue weighted by atomic mass is 32.1. The zero-order chi connectivity index (χ0) is 15.5. The molecular formula is C17H21N3OS. The molecule has 116 valence electrons. The van der Waals surface area contributed by atoms with Gasteiger partial charge in [0.15, 0.2) is 0 Å². The maximum absolute atomic E-state index is 12.2. The van der Waals surface area contributed by atoms with Crippen LogP contribution in [-0.4, -0.2) is 10.9 Å². The van der Waals surface area contributed by atoms with E-state index in [1.54, 1.807) is 11.3 Å². The van der Waals surface area contributed by atoms with Crippen LogP contribution in [0.3, 0.4) is 0 Å². The molecule has 1 amide bonds. The number of carbonyl (C=O) groups is 1. The average Bonchev–Trinajstić information content (AvgIpc) is 3.12. The fraction of sp³-hybridized carbons (Fsp3) is 0.412. The second-order valence-electron chi connectivity index (χ2n) is 6.11. The first kappa shape index (κ1) is 15.2. The molecule has 2 heterocycles. The van der Waals surface area contributed by atoms with Gasteiger partial charge in [0.1, 0.15) is 5.69 Å². The van der Waals surface area contributed by atoms with Crippen molar-refractivity contribution in [2.45, 2.75) is 39.9 Å². The first-order chi connectivity index (χ1) is 10.6. The molecule has 5 heteroatoms. The Morgan fingerprint density at radius 2 is 2.18 bits per heavy atom. The Kier molecular flexibility index (Phi) is 4.55. The lowest BCUT2D eigenvalue weighted by Gasteiger charge is -2.06. The smallest absolute Gasteiger partial charge is 0.271 e. The van der Waals surface area contributed by atoms with E-state index in [0.717, 1.165) is 30.1 Å². The van der Waals surface area contributed by atoms with Crippen LogP contribution in [0.25, 0.3) is 0 Å². The van der Waals surface area contributed by atoms with Crippen molar-refractivity contribution < 1.29 is 4.79 Å². The monoisotopic (exact) mass is 315 g/mol. The lowest BCUT2D eigenvalue weighted by atomic mass is 10.1. The van der Waals surface area contributed by atoms with E-state index >= 15 is 0 Å². The molecule has 1 aromatic heterocycles. The molecule has 1 aromatic carbocycles. The van der Waals surface area contributed by atoms with Crippen molar-refractivity contribution >= 4 is 17.2 Å². The summed E-state index contributed by atoms with van der Waals surface area (Å²) < 4.78 is 0. The molecular weight excluding hydrogens is 294 g/mol. The number of nitrogens with one attached hydrogen (secondary N) is 2. The third-order valence-corrected chi connectivity index (χ3v) is 4.59. The van der Waals surface area contributed by atoms with E-state index in [1.165, 1.54) is 11.1 Å². The van der Waals surface area contributed by atoms with Gasteiger partial charge in [-0.05, 0) is 22.6 Å². The SMILES string of the molecule is CC(C)Cc1nc(C(=O)NCc2ccc3c(c2)CNC3)cs1. The highest BCUT2D eigenvalue weighted by Gasteiger charge is 2.13. The van der Waals surface area contributed by atoms with Crippen LogP contribution in [-0.2, 0) is 26.1 Å². The zero-order valence-electron chi connectivity index (χ0n) is 13.0. The molecule has 0 atom stereocenters. The van der Waals surface area contributed by atoms with E-state index in [2.05, 4.69) is 47.7 Å². The van der Waals surface area contributed by atoms with E-state index in [-0.39, 0.29) is 5.91 Å². The summed E-state index contributed by atoms with van der Waals surface area (Å²) in [5.41, 5.74) is 4.35. The number of hydrogen-bond acceptors (Lipinski definition) is 4. The number of aromatic nitrogens is 1. The molecule has 0 saturated heterocycles. The Hall–Kier alpha value is -1.72. The maximum Gasteiger partial charge on any atom is 0.271 e. The van der Waals surface area contributed by atoms with Crippen LogP contribution < -0.4 is 10.6 Å². The van der Waals surface area contributed by atoms with E-state index in [4.69, 9.17) is 0 Å². The van der Waals surface area contributed by atoms with Gasteiger partial charge in [-0.3, -0.25) is 4.79 Å². The highest BCUT2D eigenvalue weighted by Crippen LogP contribution is 2.17. The minimum Gasteiger partial charge on any atom is -0.347 e. The van der Waals surface area contributed by atoms with Crippen molar-refractivity contribution in [3.63, 3.8) is 0 Å². The number of carbonyl (C=O) groups excluding carboxylic acids is 1. The summed E-state index contributed by atoms with van der Waals surface area (Å²) in [6.07, 6.45) is 0.926. The van der Waals surface area contributed by atoms with Gasteiger partial charge in [-0.15, -0.1) is 11.3 Å².